The normalized spacial score (nSPS) is 15.0. The molecule has 0 radical (unpaired) electrons. The van der Waals surface area contributed by atoms with Crippen molar-refractivity contribution in [3.63, 3.8) is 0 Å². The van der Waals surface area contributed by atoms with Crippen molar-refractivity contribution in [1.29, 1.82) is 0 Å². The lowest BCUT2D eigenvalue weighted by Gasteiger charge is -2.26. The number of nitrogens with one attached hydrogen (secondary N) is 2. The number of hydrogen-bond donors (Lipinski definition) is 4. The molecule has 1 aliphatic heterocycles. The summed E-state index contributed by atoms with van der Waals surface area (Å²) in [5.41, 5.74) is 14.5. The van der Waals surface area contributed by atoms with Gasteiger partial charge in [0.15, 0.2) is 0 Å². The molecule has 4 rings (SSSR count). The minimum atomic E-state index is -3.82. The molecule has 0 aliphatic carbocycles. The zero-order valence-electron chi connectivity index (χ0n) is 17.8. The van der Waals surface area contributed by atoms with Gasteiger partial charge in [-0.3, -0.25) is 14.6 Å². The Morgan fingerprint density at radius 2 is 1.81 bits per heavy atom. The van der Waals surface area contributed by atoms with Gasteiger partial charge in [0.2, 0.25) is 0 Å². The van der Waals surface area contributed by atoms with Crippen LogP contribution in [0.1, 0.15) is 6.42 Å². The quantitative estimate of drug-likeness (QED) is 0.300. The molecular weight excluding hydrogens is 428 g/mol. The Kier molecular flexibility index (Phi) is 6.63. The van der Waals surface area contributed by atoms with Gasteiger partial charge in [0.1, 0.15) is 0 Å². The van der Waals surface area contributed by atoms with E-state index in [0.29, 0.717) is 34.8 Å². The number of rotatable bonds is 8. The van der Waals surface area contributed by atoms with Gasteiger partial charge in [-0.25, -0.2) is 8.42 Å². The molecule has 10 heteroatoms. The number of para-hydroxylation sites is 1. The van der Waals surface area contributed by atoms with Crippen LogP contribution in [-0.2, 0) is 14.8 Å². The van der Waals surface area contributed by atoms with E-state index in [0.717, 1.165) is 44.7 Å². The maximum absolute atomic E-state index is 13.0. The van der Waals surface area contributed by atoms with Gasteiger partial charge in [-0.05, 0) is 43.3 Å². The third-order valence-electron chi connectivity index (χ3n) is 5.42. The van der Waals surface area contributed by atoms with Crippen molar-refractivity contribution in [2.75, 3.05) is 60.9 Å². The molecule has 1 aliphatic rings. The van der Waals surface area contributed by atoms with Crippen LogP contribution in [0.5, 0.6) is 0 Å². The average Bonchev–Trinajstić information content (AvgIpc) is 2.78. The molecule has 0 saturated carbocycles. The second kappa shape index (κ2) is 9.60. The molecule has 0 amide bonds. The van der Waals surface area contributed by atoms with Crippen LogP contribution in [-0.4, -0.2) is 57.7 Å². The molecule has 1 aromatic heterocycles. The van der Waals surface area contributed by atoms with E-state index in [4.69, 9.17) is 16.2 Å². The lowest BCUT2D eigenvalue weighted by Crippen LogP contribution is -2.37. The van der Waals surface area contributed by atoms with Crippen molar-refractivity contribution < 1.29 is 13.2 Å². The number of fused-ring (bicyclic) bond motifs is 1. The predicted octanol–water partition coefficient (Wildman–Crippen LogP) is 2.33. The topological polar surface area (TPSA) is 136 Å². The Hall–Kier alpha value is -3.08. The molecule has 1 fully saturated rings. The number of nitrogens with zero attached hydrogens (tertiary/aromatic N) is 2. The van der Waals surface area contributed by atoms with Crippen LogP contribution in [0, 0.1) is 0 Å². The van der Waals surface area contributed by atoms with Crippen LogP contribution in [0.25, 0.3) is 10.9 Å². The van der Waals surface area contributed by atoms with Crippen LogP contribution in [0.4, 0.5) is 22.7 Å². The molecule has 0 unspecified atom stereocenters. The first-order valence-electron chi connectivity index (χ1n) is 10.5. The van der Waals surface area contributed by atoms with Gasteiger partial charge in [-0.2, -0.15) is 0 Å². The molecule has 3 aromatic rings. The van der Waals surface area contributed by atoms with Gasteiger partial charge in [0, 0.05) is 30.7 Å². The van der Waals surface area contributed by atoms with Gasteiger partial charge in [-0.15, -0.1) is 0 Å². The monoisotopic (exact) mass is 456 g/mol. The number of morpholine rings is 1. The summed E-state index contributed by atoms with van der Waals surface area (Å²) in [5, 5.41) is 4.16. The Labute approximate surface area is 187 Å². The fourth-order valence-corrected chi connectivity index (χ4v) is 4.76. The molecule has 6 N–H and O–H groups in total. The van der Waals surface area contributed by atoms with Crippen LogP contribution in [0.2, 0.25) is 0 Å². The Morgan fingerprint density at radius 1 is 1.06 bits per heavy atom. The number of anilines is 4. The molecule has 1 saturated heterocycles. The summed E-state index contributed by atoms with van der Waals surface area (Å²) < 4.78 is 34.0. The van der Waals surface area contributed by atoms with Gasteiger partial charge in [0.25, 0.3) is 10.0 Å². The first kappa shape index (κ1) is 22.1. The Balaban J connectivity index is 1.57. The zero-order chi connectivity index (χ0) is 22.6. The summed E-state index contributed by atoms with van der Waals surface area (Å²) in [7, 11) is -3.82. The molecule has 2 heterocycles. The van der Waals surface area contributed by atoms with Crippen LogP contribution in [0.15, 0.2) is 53.6 Å². The fourth-order valence-electron chi connectivity index (χ4n) is 3.71. The van der Waals surface area contributed by atoms with E-state index in [-0.39, 0.29) is 4.90 Å². The van der Waals surface area contributed by atoms with Gasteiger partial charge >= 0.3 is 0 Å². The molecule has 2 aromatic carbocycles. The van der Waals surface area contributed by atoms with Crippen molar-refractivity contribution in [1.82, 2.24) is 9.88 Å². The summed E-state index contributed by atoms with van der Waals surface area (Å²) in [6, 6.07) is 11.5. The standard InChI is InChI=1S/C22H28N6O3S/c23-16-5-7-17(8-6-16)32(29,30)27-20-15-26-21-18(3-1-4-19(21)24)22(20)25-9-2-10-28-11-13-31-14-12-28/h1,3-8,15,27H,2,9-14,23-24H2,(H,25,26). The molecule has 0 atom stereocenters. The van der Waals surface area contributed by atoms with Gasteiger partial charge in [0.05, 0.1) is 46.9 Å². The number of benzene rings is 2. The lowest BCUT2D eigenvalue weighted by atomic mass is 10.1. The predicted molar refractivity (Wildman–Crippen MR) is 128 cm³/mol. The molecule has 170 valence electrons. The maximum Gasteiger partial charge on any atom is 0.262 e. The Morgan fingerprint density at radius 3 is 2.56 bits per heavy atom. The second-order valence-electron chi connectivity index (χ2n) is 7.70. The maximum atomic E-state index is 13.0. The van der Waals surface area contributed by atoms with E-state index >= 15 is 0 Å². The summed E-state index contributed by atoms with van der Waals surface area (Å²) in [4.78, 5) is 6.88. The number of nitrogens with two attached hydrogens (primary N) is 2. The van der Waals surface area contributed by atoms with Crippen LogP contribution >= 0.6 is 0 Å². The summed E-state index contributed by atoms with van der Waals surface area (Å²) in [6.07, 6.45) is 2.40. The second-order valence-corrected chi connectivity index (χ2v) is 9.38. The van der Waals surface area contributed by atoms with Gasteiger partial charge < -0.3 is 21.5 Å². The van der Waals surface area contributed by atoms with Crippen LogP contribution in [0.3, 0.4) is 0 Å². The number of sulfonamides is 1. The molecule has 9 nitrogen and oxygen atoms in total. The van der Waals surface area contributed by atoms with Crippen molar-refractivity contribution in [2.24, 2.45) is 0 Å². The number of ether oxygens (including phenoxy) is 1. The van der Waals surface area contributed by atoms with E-state index < -0.39 is 10.0 Å². The van der Waals surface area contributed by atoms with Crippen molar-refractivity contribution in [2.45, 2.75) is 11.3 Å². The first-order chi connectivity index (χ1) is 15.4. The minimum Gasteiger partial charge on any atom is -0.399 e. The van der Waals surface area contributed by atoms with E-state index in [9.17, 15) is 8.42 Å². The number of aromatic nitrogens is 1. The van der Waals surface area contributed by atoms with Crippen molar-refractivity contribution in [3.8, 4) is 0 Å². The Bertz CT molecular complexity index is 1180. The lowest BCUT2D eigenvalue weighted by molar-refractivity contribution is 0.0378. The third kappa shape index (κ3) is 5.04. The van der Waals surface area contributed by atoms with E-state index in [1.165, 1.54) is 18.3 Å². The molecular formula is C22H28N6O3S. The van der Waals surface area contributed by atoms with E-state index in [1.54, 1.807) is 18.2 Å². The average molecular weight is 457 g/mol. The number of nitrogen functional groups attached to an aromatic ring is 2. The molecule has 0 spiro atoms. The largest absolute Gasteiger partial charge is 0.399 e. The van der Waals surface area contributed by atoms with E-state index in [2.05, 4.69) is 19.9 Å². The highest BCUT2D eigenvalue weighted by molar-refractivity contribution is 7.92. The van der Waals surface area contributed by atoms with Crippen molar-refractivity contribution >= 4 is 43.7 Å². The van der Waals surface area contributed by atoms with Crippen LogP contribution < -0.4 is 21.5 Å². The van der Waals surface area contributed by atoms with Crippen molar-refractivity contribution in [3.05, 3.63) is 48.7 Å². The smallest absolute Gasteiger partial charge is 0.262 e. The molecule has 32 heavy (non-hydrogen) atoms. The highest BCUT2D eigenvalue weighted by Gasteiger charge is 2.19. The molecule has 0 bridgehead atoms. The zero-order valence-corrected chi connectivity index (χ0v) is 18.6. The number of pyridine rings is 1. The number of hydrogen-bond acceptors (Lipinski definition) is 8. The van der Waals surface area contributed by atoms with E-state index in [1.807, 2.05) is 12.1 Å². The minimum absolute atomic E-state index is 0.123. The first-order valence-corrected chi connectivity index (χ1v) is 12.0. The summed E-state index contributed by atoms with van der Waals surface area (Å²) in [6.45, 7) is 5.00. The SMILES string of the molecule is Nc1ccc(S(=O)(=O)Nc2cnc3c(N)cccc3c2NCCCN2CCOCC2)cc1. The van der Waals surface area contributed by atoms with Gasteiger partial charge in [-0.1, -0.05) is 12.1 Å². The highest BCUT2D eigenvalue weighted by atomic mass is 32.2. The summed E-state index contributed by atoms with van der Waals surface area (Å²) in [5.74, 6) is 0. The third-order valence-corrected chi connectivity index (χ3v) is 6.80. The summed E-state index contributed by atoms with van der Waals surface area (Å²) >= 11 is 0. The highest BCUT2D eigenvalue weighted by Crippen LogP contribution is 2.33. The fraction of sp³-hybridized carbons (Fsp3) is 0.318.